The molecule has 3 rings (SSSR count). The van der Waals surface area contributed by atoms with Gasteiger partial charge in [0.15, 0.2) is 0 Å². The van der Waals surface area contributed by atoms with E-state index in [1.807, 2.05) is 56.3 Å². The van der Waals surface area contributed by atoms with E-state index in [2.05, 4.69) is 17.2 Å². The smallest absolute Gasteiger partial charge is 0.257 e. The third-order valence-corrected chi connectivity index (χ3v) is 4.77. The molecule has 0 aliphatic carbocycles. The Morgan fingerprint density at radius 2 is 1.58 bits per heavy atom. The molecule has 2 aromatic carbocycles. The normalized spacial score (nSPS) is 11.6. The summed E-state index contributed by atoms with van der Waals surface area (Å²) in [5, 5.41) is 2.90. The minimum absolute atomic E-state index is 0.122. The fourth-order valence-corrected chi connectivity index (χ4v) is 2.93. The molecule has 1 atom stereocenters. The number of benzene rings is 2. The molecule has 0 spiro atoms. The van der Waals surface area contributed by atoms with Crippen molar-refractivity contribution >= 4 is 11.6 Å². The number of amides is 1. The highest BCUT2D eigenvalue weighted by Crippen LogP contribution is 2.25. The summed E-state index contributed by atoms with van der Waals surface area (Å²) in [6.45, 7) is 6.50. The van der Waals surface area contributed by atoms with E-state index >= 15 is 0 Å². The summed E-state index contributed by atoms with van der Waals surface area (Å²) in [7, 11) is 1.63. The number of pyridine rings is 1. The summed E-state index contributed by atoms with van der Waals surface area (Å²) in [5.41, 5.74) is 2.65. The van der Waals surface area contributed by atoms with Gasteiger partial charge in [-0.2, -0.15) is 0 Å². The van der Waals surface area contributed by atoms with Crippen molar-refractivity contribution < 1.29 is 19.0 Å². The maximum absolute atomic E-state index is 12.6. The molecule has 0 aliphatic rings. The largest absolute Gasteiger partial charge is 0.494 e. The Kier molecular flexibility index (Phi) is 7.62. The van der Waals surface area contributed by atoms with E-state index < -0.39 is 0 Å². The fourth-order valence-electron chi connectivity index (χ4n) is 2.93. The number of anilines is 1. The summed E-state index contributed by atoms with van der Waals surface area (Å²) in [6, 6.07) is 18.3. The zero-order chi connectivity index (χ0) is 22.2. The first-order valence-electron chi connectivity index (χ1n) is 10.3. The number of nitrogens with zero attached hydrogens (tertiary/aromatic N) is 1. The molecule has 0 fully saturated rings. The first-order valence-corrected chi connectivity index (χ1v) is 10.3. The van der Waals surface area contributed by atoms with Crippen molar-refractivity contribution in [3.63, 3.8) is 0 Å². The van der Waals surface area contributed by atoms with Crippen LogP contribution in [-0.2, 0) is 4.74 Å². The number of aryl methyl sites for hydroxylation is 1. The van der Waals surface area contributed by atoms with Crippen LogP contribution in [0.2, 0.25) is 0 Å². The second-order valence-corrected chi connectivity index (χ2v) is 7.15. The lowest BCUT2D eigenvalue weighted by molar-refractivity contribution is 0.102. The van der Waals surface area contributed by atoms with Gasteiger partial charge in [0, 0.05) is 12.8 Å². The van der Waals surface area contributed by atoms with Gasteiger partial charge in [-0.05, 0) is 80.9 Å². The standard InChI is InChI=1S/C25H28N2O4/c1-5-16-30-20-10-12-22(13-11-20)31-21-8-6-19(7-9-21)27-25(28)23-14-15-24(18(3)29-4)26-17(23)2/h6-15,18H,5,16H2,1-4H3,(H,27,28). The highest BCUT2D eigenvalue weighted by Gasteiger charge is 2.13. The van der Waals surface area contributed by atoms with Gasteiger partial charge < -0.3 is 19.5 Å². The lowest BCUT2D eigenvalue weighted by atomic mass is 10.1. The molecule has 1 N–H and O–H groups in total. The predicted molar refractivity (Wildman–Crippen MR) is 121 cm³/mol. The quantitative estimate of drug-likeness (QED) is 0.464. The molecule has 1 amide bonds. The highest BCUT2D eigenvalue weighted by molar-refractivity contribution is 6.05. The number of carbonyl (C=O) groups is 1. The van der Waals surface area contributed by atoms with Crippen LogP contribution >= 0.6 is 0 Å². The monoisotopic (exact) mass is 420 g/mol. The predicted octanol–water partition coefficient (Wildman–Crippen LogP) is 5.93. The molecule has 0 aliphatic heterocycles. The van der Waals surface area contributed by atoms with Gasteiger partial charge in [0.25, 0.3) is 5.91 Å². The number of methoxy groups -OCH3 is 1. The summed E-state index contributed by atoms with van der Waals surface area (Å²) in [5.74, 6) is 2.00. The van der Waals surface area contributed by atoms with Crippen LogP contribution in [-0.4, -0.2) is 24.6 Å². The molecule has 1 heterocycles. The molecule has 31 heavy (non-hydrogen) atoms. The maximum Gasteiger partial charge on any atom is 0.257 e. The van der Waals surface area contributed by atoms with Crippen LogP contribution in [0.25, 0.3) is 0 Å². The number of hydrogen-bond donors (Lipinski definition) is 1. The Balaban J connectivity index is 1.60. The number of carbonyl (C=O) groups excluding carboxylic acids is 1. The van der Waals surface area contributed by atoms with Gasteiger partial charge in [-0.25, -0.2) is 0 Å². The van der Waals surface area contributed by atoms with Crippen LogP contribution in [0.4, 0.5) is 5.69 Å². The van der Waals surface area contributed by atoms with E-state index in [0.717, 1.165) is 17.9 Å². The number of hydrogen-bond acceptors (Lipinski definition) is 5. The molecule has 3 aromatic rings. The van der Waals surface area contributed by atoms with Crippen molar-refractivity contribution in [3.8, 4) is 17.2 Å². The van der Waals surface area contributed by atoms with Crippen LogP contribution in [0.15, 0.2) is 60.7 Å². The SMILES string of the molecule is CCCOc1ccc(Oc2ccc(NC(=O)c3ccc(C(C)OC)nc3C)cc2)cc1. The van der Waals surface area contributed by atoms with Crippen LogP contribution in [0.5, 0.6) is 17.2 Å². The topological polar surface area (TPSA) is 69.7 Å². The van der Waals surface area contributed by atoms with Crippen molar-refractivity contribution in [1.82, 2.24) is 4.98 Å². The lowest BCUT2D eigenvalue weighted by Crippen LogP contribution is -2.15. The first-order chi connectivity index (χ1) is 15.0. The second-order valence-electron chi connectivity index (χ2n) is 7.15. The van der Waals surface area contributed by atoms with Gasteiger partial charge in [-0.1, -0.05) is 6.92 Å². The first kappa shape index (κ1) is 22.3. The van der Waals surface area contributed by atoms with Crippen LogP contribution < -0.4 is 14.8 Å². The van der Waals surface area contributed by atoms with Gasteiger partial charge in [0.1, 0.15) is 17.2 Å². The molecule has 1 aromatic heterocycles. The molecule has 6 heteroatoms. The molecule has 1 unspecified atom stereocenters. The lowest BCUT2D eigenvalue weighted by Gasteiger charge is -2.12. The van der Waals surface area contributed by atoms with Crippen LogP contribution in [0.1, 0.15) is 48.1 Å². The molecular weight excluding hydrogens is 392 g/mol. The van der Waals surface area contributed by atoms with Crippen molar-refractivity contribution in [2.75, 3.05) is 19.0 Å². The summed E-state index contributed by atoms with van der Waals surface area (Å²) in [6.07, 6.45) is 0.846. The van der Waals surface area contributed by atoms with Gasteiger partial charge in [0.05, 0.1) is 29.7 Å². The minimum atomic E-state index is -0.210. The molecule has 6 nitrogen and oxygen atoms in total. The van der Waals surface area contributed by atoms with E-state index in [0.29, 0.717) is 35.1 Å². The van der Waals surface area contributed by atoms with E-state index in [1.54, 1.807) is 25.3 Å². The molecule has 0 radical (unpaired) electrons. The van der Waals surface area contributed by atoms with Crippen LogP contribution in [0, 0.1) is 6.92 Å². The number of aromatic nitrogens is 1. The van der Waals surface area contributed by atoms with Crippen molar-refractivity contribution in [1.29, 1.82) is 0 Å². The fraction of sp³-hybridized carbons (Fsp3) is 0.280. The average molecular weight is 421 g/mol. The van der Waals surface area contributed by atoms with Crippen molar-refractivity contribution in [2.24, 2.45) is 0 Å². The van der Waals surface area contributed by atoms with Crippen LogP contribution in [0.3, 0.4) is 0 Å². The van der Waals surface area contributed by atoms with Crippen molar-refractivity contribution in [2.45, 2.75) is 33.3 Å². The molecular formula is C25H28N2O4. The Morgan fingerprint density at radius 3 is 2.16 bits per heavy atom. The van der Waals surface area contributed by atoms with Gasteiger partial charge in [0.2, 0.25) is 0 Å². The Hall–Kier alpha value is -3.38. The third-order valence-electron chi connectivity index (χ3n) is 4.77. The highest BCUT2D eigenvalue weighted by atomic mass is 16.5. The maximum atomic E-state index is 12.6. The molecule has 0 bridgehead atoms. The van der Waals surface area contributed by atoms with Gasteiger partial charge in [-0.15, -0.1) is 0 Å². The Bertz CT molecular complexity index is 1000. The van der Waals surface area contributed by atoms with E-state index in [-0.39, 0.29) is 12.0 Å². The second kappa shape index (κ2) is 10.6. The Labute approximate surface area is 183 Å². The summed E-state index contributed by atoms with van der Waals surface area (Å²) in [4.78, 5) is 17.1. The average Bonchev–Trinajstić information content (AvgIpc) is 2.79. The minimum Gasteiger partial charge on any atom is -0.494 e. The molecule has 0 saturated heterocycles. The summed E-state index contributed by atoms with van der Waals surface area (Å²) < 4.78 is 16.7. The number of nitrogens with one attached hydrogen (secondary N) is 1. The van der Waals surface area contributed by atoms with Crippen molar-refractivity contribution in [3.05, 3.63) is 77.6 Å². The molecule has 0 saturated carbocycles. The van der Waals surface area contributed by atoms with Gasteiger partial charge >= 0.3 is 0 Å². The number of ether oxygens (including phenoxy) is 3. The van der Waals surface area contributed by atoms with E-state index in [1.165, 1.54) is 0 Å². The van der Waals surface area contributed by atoms with E-state index in [9.17, 15) is 4.79 Å². The van der Waals surface area contributed by atoms with Gasteiger partial charge in [-0.3, -0.25) is 9.78 Å². The zero-order valence-corrected chi connectivity index (χ0v) is 18.3. The molecule has 162 valence electrons. The Morgan fingerprint density at radius 1 is 0.968 bits per heavy atom. The van der Waals surface area contributed by atoms with E-state index in [4.69, 9.17) is 14.2 Å². The third kappa shape index (κ3) is 6.06. The zero-order valence-electron chi connectivity index (χ0n) is 18.3. The number of rotatable bonds is 9. The summed E-state index contributed by atoms with van der Waals surface area (Å²) >= 11 is 0.